The number of carbonyl (C=O) groups is 1. The van der Waals surface area contributed by atoms with Crippen LogP contribution in [0.4, 0.5) is 13.2 Å². The van der Waals surface area contributed by atoms with Crippen LogP contribution < -0.4 is 0 Å². The summed E-state index contributed by atoms with van der Waals surface area (Å²) >= 11 is 0. The number of halogens is 3. The molecule has 2 aliphatic rings. The first-order valence-corrected chi connectivity index (χ1v) is 9.96. The van der Waals surface area contributed by atoms with E-state index < -0.39 is 11.7 Å². The molecule has 0 bridgehead atoms. The van der Waals surface area contributed by atoms with Crippen molar-refractivity contribution in [3.63, 3.8) is 0 Å². The van der Waals surface area contributed by atoms with Crippen LogP contribution in [0.25, 0.3) is 0 Å². The summed E-state index contributed by atoms with van der Waals surface area (Å²) in [6, 6.07) is 5.14. The zero-order valence-electron chi connectivity index (χ0n) is 16.1. The number of alkyl halides is 3. The fourth-order valence-electron chi connectivity index (χ4n) is 3.66. The Bertz CT molecular complexity index is 838. The Balaban J connectivity index is 1.46. The van der Waals surface area contributed by atoms with E-state index in [0.717, 1.165) is 55.8 Å². The van der Waals surface area contributed by atoms with E-state index in [1.807, 2.05) is 9.47 Å². The molecule has 2 aromatic rings. The minimum atomic E-state index is -4.34. The number of ether oxygens (including phenoxy) is 1. The van der Waals surface area contributed by atoms with Gasteiger partial charge in [-0.1, -0.05) is 12.1 Å². The smallest absolute Gasteiger partial charge is 0.376 e. The highest BCUT2D eigenvalue weighted by Crippen LogP contribution is 2.32. The summed E-state index contributed by atoms with van der Waals surface area (Å²) < 4.78 is 45.8. The molecule has 2 fully saturated rings. The molecule has 0 unspecified atom stereocenters. The molecule has 1 saturated carbocycles. The van der Waals surface area contributed by atoms with Gasteiger partial charge in [0.05, 0.1) is 18.2 Å². The number of nitrogens with zero attached hydrogens (tertiary/aromatic N) is 3. The van der Waals surface area contributed by atoms with E-state index in [-0.39, 0.29) is 17.9 Å². The van der Waals surface area contributed by atoms with Crippen molar-refractivity contribution < 1.29 is 22.7 Å². The van der Waals surface area contributed by atoms with Crippen LogP contribution >= 0.6 is 0 Å². The number of amides is 1. The van der Waals surface area contributed by atoms with Crippen LogP contribution in [-0.4, -0.2) is 39.6 Å². The summed E-state index contributed by atoms with van der Waals surface area (Å²) in [6.07, 6.45) is 3.00. The number of rotatable bonds is 7. The van der Waals surface area contributed by atoms with Gasteiger partial charge in [0.15, 0.2) is 0 Å². The quantitative estimate of drug-likeness (QED) is 0.700. The van der Waals surface area contributed by atoms with Crippen LogP contribution in [-0.2, 0) is 28.8 Å². The number of aromatic nitrogens is 2. The zero-order valence-corrected chi connectivity index (χ0v) is 16.1. The molecule has 1 saturated heterocycles. The van der Waals surface area contributed by atoms with Crippen molar-refractivity contribution in [2.45, 2.75) is 51.1 Å². The molecule has 8 heteroatoms. The predicted molar refractivity (Wildman–Crippen MR) is 99.9 cm³/mol. The summed E-state index contributed by atoms with van der Waals surface area (Å²) in [6.45, 7) is 2.07. The average molecular weight is 407 g/mol. The minimum absolute atomic E-state index is 0.0658. The number of carbonyl (C=O) groups excluding carboxylic acids is 1. The molecule has 2 heterocycles. The van der Waals surface area contributed by atoms with Gasteiger partial charge >= 0.3 is 6.18 Å². The Morgan fingerprint density at radius 3 is 2.59 bits per heavy atom. The van der Waals surface area contributed by atoms with E-state index in [1.165, 1.54) is 12.1 Å². The van der Waals surface area contributed by atoms with Gasteiger partial charge in [-0.15, -0.1) is 0 Å². The number of hydrogen-bond acceptors (Lipinski definition) is 3. The molecule has 5 nitrogen and oxygen atoms in total. The molecule has 0 spiro atoms. The van der Waals surface area contributed by atoms with Crippen molar-refractivity contribution in [1.82, 2.24) is 14.5 Å². The first kappa shape index (κ1) is 19.9. The number of imidazole rings is 1. The molecule has 1 aromatic heterocycles. The van der Waals surface area contributed by atoms with Gasteiger partial charge in [0.1, 0.15) is 5.82 Å². The molecule has 29 heavy (non-hydrogen) atoms. The Labute approximate surface area is 167 Å². The molecule has 0 radical (unpaired) electrons. The minimum Gasteiger partial charge on any atom is -0.376 e. The molecule has 1 atom stereocenters. The highest BCUT2D eigenvalue weighted by molar-refractivity contribution is 5.81. The van der Waals surface area contributed by atoms with Crippen LogP contribution in [0.15, 0.2) is 36.7 Å². The lowest BCUT2D eigenvalue weighted by molar-refractivity contribution is -0.137. The Kier molecular flexibility index (Phi) is 5.63. The summed E-state index contributed by atoms with van der Waals surface area (Å²) in [7, 11) is 0. The third-order valence-electron chi connectivity index (χ3n) is 5.45. The first-order chi connectivity index (χ1) is 13.9. The van der Waals surface area contributed by atoms with E-state index in [9.17, 15) is 18.0 Å². The van der Waals surface area contributed by atoms with E-state index in [2.05, 4.69) is 4.98 Å². The predicted octanol–water partition coefficient (Wildman–Crippen LogP) is 3.87. The van der Waals surface area contributed by atoms with E-state index in [1.54, 1.807) is 12.4 Å². The number of benzene rings is 1. The maximum absolute atomic E-state index is 12.8. The monoisotopic (exact) mass is 407 g/mol. The fraction of sp³-hybridized carbons (Fsp3) is 0.524. The highest BCUT2D eigenvalue weighted by atomic mass is 19.4. The summed E-state index contributed by atoms with van der Waals surface area (Å²) in [5.74, 6) is 0.969. The van der Waals surface area contributed by atoms with Crippen LogP contribution in [0.2, 0.25) is 0 Å². The molecule has 4 rings (SSSR count). The van der Waals surface area contributed by atoms with Crippen LogP contribution in [0.1, 0.15) is 42.6 Å². The third kappa shape index (κ3) is 4.98. The van der Waals surface area contributed by atoms with Crippen molar-refractivity contribution in [1.29, 1.82) is 0 Å². The topological polar surface area (TPSA) is 47.4 Å². The first-order valence-electron chi connectivity index (χ1n) is 9.96. The van der Waals surface area contributed by atoms with Crippen molar-refractivity contribution in [2.24, 2.45) is 5.92 Å². The maximum Gasteiger partial charge on any atom is 0.416 e. The Morgan fingerprint density at radius 2 is 1.97 bits per heavy atom. The second kappa shape index (κ2) is 8.18. The largest absolute Gasteiger partial charge is 0.416 e. The van der Waals surface area contributed by atoms with Gasteiger partial charge in [-0.2, -0.15) is 13.2 Å². The van der Waals surface area contributed by atoms with E-state index in [4.69, 9.17) is 4.74 Å². The molecule has 1 aliphatic heterocycles. The molecule has 1 aromatic carbocycles. The van der Waals surface area contributed by atoms with Crippen LogP contribution in [0, 0.1) is 5.92 Å². The van der Waals surface area contributed by atoms with Crippen molar-refractivity contribution in [2.75, 3.05) is 13.2 Å². The lowest BCUT2D eigenvalue weighted by Gasteiger charge is -2.25. The number of hydrogen-bond donors (Lipinski definition) is 0. The Hall–Kier alpha value is -2.35. The van der Waals surface area contributed by atoms with Gasteiger partial charge in [-0.25, -0.2) is 4.98 Å². The molecule has 1 amide bonds. The average Bonchev–Trinajstić information content (AvgIpc) is 3.25. The second-order valence-electron chi connectivity index (χ2n) is 7.79. The summed E-state index contributed by atoms with van der Waals surface area (Å²) in [5, 5.41) is 0. The van der Waals surface area contributed by atoms with Gasteiger partial charge in [0.2, 0.25) is 5.91 Å². The van der Waals surface area contributed by atoms with E-state index >= 15 is 0 Å². The molecular weight excluding hydrogens is 383 g/mol. The second-order valence-corrected chi connectivity index (χ2v) is 7.79. The summed E-state index contributed by atoms with van der Waals surface area (Å²) in [5.41, 5.74) is 0.0846. The normalized spacial score (nSPS) is 19.5. The summed E-state index contributed by atoms with van der Waals surface area (Å²) in [4.78, 5) is 19.0. The molecular formula is C21H24F3N3O2. The van der Waals surface area contributed by atoms with Crippen molar-refractivity contribution >= 4 is 5.91 Å². The Morgan fingerprint density at radius 1 is 1.21 bits per heavy atom. The fourth-order valence-corrected chi connectivity index (χ4v) is 3.66. The van der Waals surface area contributed by atoms with Gasteiger partial charge in [-0.3, -0.25) is 4.79 Å². The molecule has 1 aliphatic carbocycles. The van der Waals surface area contributed by atoms with Gasteiger partial charge < -0.3 is 14.2 Å². The lowest BCUT2D eigenvalue weighted by Crippen LogP contribution is -2.38. The maximum atomic E-state index is 12.8. The van der Waals surface area contributed by atoms with Crippen molar-refractivity contribution in [3.05, 3.63) is 53.6 Å². The molecule has 0 N–H and O–H groups in total. The van der Waals surface area contributed by atoms with Crippen molar-refractivity contribution in [3.8, 4) is 0 Å². The van der Waals surface area contributed by atoms with Gasteiger partial charge in [0.25, 0.3) is 0 Å². The zero-order chi connectivity index (χ0) is 20.4. The lowest BCUT2D eigenvalue weighted by atomic mass is 10.1. The standard InChI is InChI=1S/C21H24F3N3O2/c22-21(23,24)17-7-3-15(4-8-17)12-26-10-9-25-19(26)14-27(20(28)16-5-6-16)13-18-2-1-11-29-18/h3-4,7-10,16,18H,1-2,5-6,11-14H2/t18-/m1/s1. The van der Waals surface area contributed by atoms with Gasteiger partial charge in [0, 0.05) is 38.0 Å². The third-order valence-corrected chi connectivity index (χ3v) is 5.45. The SMILES string of the molecule is O=C(C1CC1)N(Cc1nccn1Cc1ccc(C(F)(F)F)cc1)C[C@H]1CCCO1. The van der Waals surface area contributed by atoms with Crippen LogP contribution in [0.3, 0.4) is 0 Å². The van der Waals surface area contributed by atoms with E-state index in [0.29, 0.717) is 19.6 Å². The van der Waals surface area contributed by atoms with Gasteiger partial charge in [-0.05, 0) is 43.4 Å². The highest BCUT2D eigenvalue weighted by Gasteiger charge is 2.35. The molecule has 156 valence electrons. The van der Waals surface area contributed by atoms with Crippen LogP contribution in [0.5, 0.6) is 0 Å².